The average Bonchev–Trinajstić information content (AvgIpc) is 3.03. The summed E-state index contributed by atoms with van der Waals surface area (Å²) in [5, 5.41) is 0. The second kappa shape index (κ2) is 10.5. The zero-order valence-electron chi connectivity index (χ0n) is 18.8. The van der Waals surface area contributed by atoms with Gasteiger partial charge < -0.3 is 19.3 Å². The van der Waals surface area contributed by atoms with E-state index in [1.165, 1.54) is 9.80 Å². The number of hydrogen-bond acceptors (Lipinski definition) is 5. The Labute approximate surface area is 184 Å². The lowest BCUT2D eigenvalue weighted by Gasteiger charge is -2.36. The largest absolute Gasteiger partial charge is 0.493 e. The van der Waals surface area contributed by atoms with Gasteiger partial charge in [-0.25, -0.2) is 4.79 Å². The SMILES string of the molecule is COc1ccc(CCC2CCCCN2C(=O)CCCN2C(=O)CN(C)C2=O)cc1OC. The van der Waals surface area contributed by atoms with Gasteiger partial charge in [0.1, 0.15) is 6.54 Å². The average molecular weight is 432 g/mol. The molecule has 0 saturated carbocycles. The van der Waals surface area contributed by atoms with Gasteiger partial charge in [0.05, 0.1) is 14.2 Å². The van der Waals surface area contributed by atoms with Crippen LogP contribution in [0.3, 0.4) is 0 Å². The molecule has 1 aromatic carbocycles. The van der Waals surface area contributed by atoms with Gasteiger partial charge in [0.25, 0.3) is 0 Å². The van der Waals surface area contributed by atoms with Crippen LogP contribution in [0.5, 0.6) is 11.5 Å². The van der Waals surface area contributed by atoms with Crippen LogP contribution in [0.15, 0.2) is 18.2 Å². The number of aryl methyl sites for hydroxylation is 1. The van der Waals surface area contributed by atoms with E-state index < -0.39 is 0 Å². The number of likely N-dealkylation sites (N-methyl/N-ethyl adjacent to an activating group) is 1. The van der Waals surface area contributed by atoms with Crippen LogP contribution in [0.4, 0.5) is 4.79 Å². The molecule has 0 N–H and O–H groups in total. The van der Waals surface area contributed by atoms with Crippen molar-refractivity contribution in [3.05, 3.63) is 23.8 Å². The van der Waals surface area contributed by atoms with E-state index >= 15 is 0 Å². The highest BCUT2D eigenvalue weighted by molar-refractivity contribution is 6.01. The molecule has 0 radical (unpaired) electrons. The van der Waals surface area contributed by atoms with Gasteiger partial charge in [-0.05, 0) is 56.2 Å². The number of methoxy groups -OCH3 is 2. The smallest absolute Gasteiger partial charge is 0.326 e. The van der Waals surface area contributed by atoms with Crippen molar-refractivity contribution >= 4 is 17.8 Å². The summed E-state index contributed by atoms with van der Waals surface area (Å²) in [5.74, 6) is 1.35. The molecule has 0 spiro atoms. The Morgan fingerprint density at radius 1 is 1.13 bits per heavy atom. The van der Waals surface area contributed by atoms with Crippen molar-refractivity contribution in [3.63, 3.8) is 0 Å². The predicted octanol–water partition coefficient (Wildman–Crippen LogP) is 2.69. The van der Waals surface area contributed by atoms with Gasteiger partial charge in [0.2, 0.25) is 11.8 Å². The lowest BCUT2D eigenvalue weighted by molar-refractivity contribution is -0.135. The zero-order chi connectivity index (χ0) is 22.4. The molecule has 2 saturated heterocycles. The van der Waals surface area contributed by atoms with E-state index in [1.807, 2.05) is 23.1 Å². The molecular weight excluding hydrogens is 398 g/mol. The van der Waals surface area contributed by atoms with E-state index in [0.29, 0.717) is 30.9 Å². The quantitative estimate of drug-likeness (QED) is 0.562. The molecule has 1 unspecified atom stereocenters. The van der Waals surface area contributed by atoms with Gasteiger partial charge in [0.15, 0.2) is 11.5 Å². The first-order chi connectivity index (χ1) is 14.9. The molecule has 3 rings (SSSR count). The van der Waals surface area contributed by atoms with E-state index in [-0.39, 0.29) is 30.4 Å². The maximum absolute atomic E-state index is 12.9. The van der Waals surface area contributed by atoms with Crippen molar-refractivity contribution in [2.24, 2.45) is 0 Å². The van der Waals surface area contributed by atoms with Gasteiger partial charge in [-0.1, -0.05) is 6.07 Å². The minimum absolute atomic E-state index is 0.115. The number of ether oxygens (including phenoxy) is 2. The third-order valence-corrected chi connectivity index (χ3v) is 6.16. The molecular formula is C23H33N3O5. The Bertz CT molecular complexity index is 812. The van der Waals surface area contributed by atoms with Crippen LogP contribution >= 0.6 is 0 Å². The fourth-order valence-electron chi connectivity index (χ4n) is 4.42. The minimum Gasteiger partial charge on any atom is -0.493 e. The third-order valence-electron chi connectivity index (χ3n) is 6.16. The first-order valence-electron chi connectivity index (χ1n) is 11.0. The molecule has 2 heterocycles. The number of carbonyl (C=O) groups excluding carboxylic acids is 3. The normalized spacial score (nSPS) is 19.2. The molecule has 31 heavy (non-hydrogen) atoms. The number of urea groups is 1. The number of likely N-dealkylation sites (tertiary alicyclic amines) is 1. The Kier molecular flexibility index (Phi) is 7.76. The van der Waals surface area contributed by atoms with Crippen molar-refractivity contribution in [1.82, 2.24) is 14.7 Å². The number of benzene rings is 1. The lowest BCUT2D eigenvalue weighted by Crippen LogP contribution is -2.44. The molecule has 2 fully saturated rings. The molecule has 0 aliphatic carbocycles. The molecule has 0 bridgehead atoms. The van der Waals surface area contributed by atoms with Crippen molar-refractivity contribution in [3.8, 4) is 11.5 Å². The molecule has 1 aromatic rings. The van der Waals surface area contributed by atoms with Crippen LogP contribution in [0.25, 0.3) is 0 Å². The number of amides is 4. The number of rotatable bonds is 9. The molecule has 0 aromatic heterocycles. The summed E-state index contributed by atoms with van der Waals surface area (Å²) < 4.78 is 10.7. The summed E-state index contributed by atoms with van der Waals surface area (Å²) in [4.78, 5) is 41.4. The lowest BCUT2D eigenvalue weighted by atomic mass is 9.95. The number of carbonyl (C=O) groups is 3. The Hall–Kier alpha value is -2.77. The van der Waals surface area contributed by atoms with Crippen LogP contribution in [0.1, 0.15) is 44.1 Å². The van der Waals surface area contributed by atoms with Gasteiger partial charge in [-0.2, -0.15) is 0 Å². The van der Waals surface area contributed by atoms with Crippen LogP contribution in [-0.4, -0.2) is 79.5 Å². The number of imide groups is 1. The van der Waals surface area contributed by atoms with Crippen LogP contribution in [0.2, 0.25) is 0 Å². The summed E-state index contributed by atoms with van der Waals surface area (Å²) in [6.45, 7) is 1.20. The van der Waals surface area contributed by atoms with Crippen molar-refractivity contribution in [2.75, 3.05) is 40.9 Å². The molecule has 1 atom stereocenters. The maximum Gasteiger partial charge on any atom is 0.326 e. The van der Waals surface area contributed by atoms with E-state index in [0.717, 1.165) is 44.2 Å². The highest BCUT2D eigenvalue weighted by Gasteiger charge is 2.33. The molecule has 4 amide bonds. The van der Waals surface area contributed by atoms with Gasteiger partial charge in [0, 0.05) is 32.6 Å². The standard InChI is InChI=1S/C23H33N3O5/c1-24-16-22(28)26(23(24)29)14-6-8-21(27)25-13-5-4-7-18(25)11-9-17-10-12-19(30-2)20(15-17)31-3/h10,12,15,18H,4-9,11,13-14,16H2,1-3H3. The third kappa shape index (κ3) is 5.48. The number of piperidine rings is 1. The topological polar surface area (TPSA) is 79.4 Å². The van der Waals surface area contributed by atoms with Gasteiger partial charge in [-0.3, -0.25) is 14.5 Å². The fourth-order valence-corrected chi connectivity index (χ4v) is 4.42. The first-order valence-corrected chi connectivity index (χ1v) is 11.0. The monoisotopic (exact) mass is 431 g/mol. The van der Waals surface area contributed by atoms with Crippen molar-refractivity contribution in [2.45, 2.75) is 51.0 Å². The maximum atomic E-state index is 12.9. The molecule has 8 heteroatoms. The Morgan fingerprint density at radius 3 is 2.58 bits per heavy atom. The van der Waals surface area contributed by atoms with E-state index in [4.69, 9.17) is 9.47 Å². The minimum atomic E-state index is -0.275. The van der Waals surface area contributed by atoms with Crippen LogP contribution in [0, 0.1) is 0 Å². The van der Waals surface area contributed by atoms with E-state index in [1.54, 1.807) is 21.3 Å². The predicted molar refractivity (Wildman–Crippen MR) is 116 cm³/mol. The number of nitrogens with zero attached hydrogens (tertiary/aromatic N) is 3. The highest BCUT2D eigenvalue weighted by atomic mass is 16.5. The Morgan fingerprint density at radius 2 is 1.90 bits per heavy atom. The Balaban J connectivity index is 1.52. The van der Waals surface area contributed by atoms with E-state index in [9.17, 15) is 14.4 Å². The van der Waals surface area contributed by atoms with Crippen LogP contribution in [-0.2, 0) is 16.0 Å². The molecule has 170 valence electrons. The fraction of sp³-hybridized carbons (Fsp3) is 0.609. The summed E-state index contributed by atoms with van der Waals surface area (Å²) in [6.07, 6.45) is 5.77. The summed E-state index contributed by atoms with van der Waals surface area (Å²) in [6, 6.07) is 5.89. The van der Waals surface area contributed by atoms with Gasteiger partial charge >= 0.3 is 6.03 Å². The van der Waals surface area contributed by atoms with Crippen LogP contribution < -0.4 is 9.47 Å². The number of hydrogen-bond donors (Lipinski definition) is 0. The molecule has 8 nitrogen and oxygen atoms in total. The summed E-state index contributed by atoms with van der Waals surface area (Å²) >= 11 is 0. The second-order valence-corrected chi connectivity index (χ2v) is 8.25. The van der Waals surface area contributed by atoms with Crippen molar-refractivity contribution < 1.29 is 23.9 Å². The zero-order valence-corrected chi connectivity index (χ0v) is 18.8. The highest BCUT2D eigenvalue weighted by Crippen LogP contribution is 2.29. The summed E-state index contributed by atoms with van der Waals surface area (Å²) in [5.41, 5.74) is 1.16. The first kappa shape index (κ1) is 22.9. The van der Waals surface area contributed by atoms with Crippen molar-refractivity contribution in [1.29, 1.82) is 0 Å². The molecule has 2 aliphatic heterocycles. The van der Waals surface area contributed by atoms with E-state index in [2.05, 4.69) is 0 Å². The molecule has 2 aliphatic rings. The summed E-state index contributed by atoms with van der Waals surface area (Å²) in [7, 11) is 4.86. The van der Waals surface area contributed by atoms with Gasteiger partial charge in [-0.15, -0.1) is 0 Å². The second-order valence-electron chi connectivity index (χ2n) is 8.25.